The van der Waals surface area contributed by atoms with Crippen LogP contribution in [0.15, 0.2) is 18.2 Å². The number of rotatable bonds is 4. The summed E-state index contributed by atoms with van der Waals surface area (Å²) < 4.78 is 2.11. The zero-order valence-electron chi connectivity index (χ0n) is 13.2. The van der Waals surface area contributed by atoms with Crippen molar-refractivity contribution < 1.29 is 9.90 Å². The molecule has 0 spiro atoms. The SMILES string of the molecule is Cc1nc2cc(CCN3CCC(C(=O)O)CC3)ccc2n1C. The smallest absolute Gasteiger partial charge is 0.306 e. The summed E-state index contributed by atoms with van der Waals surface area (Å²) in [5.74, 6) is 0.239. The maximum atomic E-state index is 11.0. The first-order chi connectivity index (χ1) is 10.5. The number of carbonyl (C=O) groups is 1. The lowest BCUT2D eigenvalue weighted by Gasteiger charge is -2.29. The van der Waals surface area contributed by atoms with Gasteiger partial charge in [0.1, 0.15) is 5.82 Å². The van der Waals surface area contributed by atoms with Crippen molar-refractivity contribution in [2.75, 3.05) is 19.6 Å². The topological polar surface area (TPSA) is 58.4 Å². The maximum Gasteiger partial charge on any atom is 0.306 e. The molecule has 0 amide bonds. The summed E-state index contributed by atoms with van der Waals surface area (Å²) in [5, 5.41) is 9.03. The summed E-state index contributed by atoms with van der Waals surface area (Å²) in [6.07, 6.45) is 2.53. The van der Waals surface area contributed by atoms with Crippen molar-refractivity contribution in [3.8, 4) is 0 Å². The molecule has 2 heterocycles. The van der Waals surface area contributed by atoms with E-state index < -0.39 is 5.97 Å². The van der Waals surface area contributed by atoms with Crippen LogP contribution in [-0.2, 0) is 18.3 Å². The van der Waals surface area contributed by atoms with Gasteiger partial charge in [0.2, 0.25) is 0 Å². The average Bonchev–Trinajstić information content (AvgIpc) is 2.80. The number of imidazole rings is 1. The van der Waals surface area contributed by atoms with Crippen LogP contribution in [0.2, 0.25) is 0 Å². The number of hydrogen-bond acceptors (Lipinski definition) is 3. The monoisotopic (exact) mass is 301 g/mol. The van der Waals surface area contributed by atoms with Gasteiger partial charge >= 0.3 is 5.97 Å². The van der Waals surface area contributed by atoms with E-state index in [0.29, 0.717) is 0 Å². The van der Waals surface area contributed by atoms with Crippen LogP contribution in [0.5, 0.6) is 0 Å². The normalized spacial score (nSPS) is 17.2. The van der Waals surface area contributed by atoms with Crippen LogP contribution >= 0.6 is 0 Å². The molecule has 1 aromatic heterocycles. The molecule has 118 valence electrons. The molecule has 3 rings (SSSR count). The first-order valence-electron chi connectivity index (χ1n) is 7.91. The van der Waals surface area contributed by atoms with Gasteiger partial charge in [-0.05, 0) is 57.0 Å². The molecule has 0 unspecified atom stereocenters. The molecule has 22 heavy (non-hydrogen) atoms. The van der Waals surface area contributed by atoms with E-state index in [1.165, 1.54) is 11.1 Å². The molecule has 1 aliphatic rings. The van der Waals surface area contributed by atoms with Gasteiger partial charge in [0, 0.05) is 13.6 Å². The molecule has 2 aromatic rings. The minimum atomic E-state index is -0.643. The van der Waals surface area contributed by atoms with E-state index in [1.54, 1.807) is 0 Å². The number of likely N-dealkylation sites (tertiary alicyclic amines) is 1. The molecule has 1 N–H and O–H groups in total. The van der Waals surface area contributed by atoms with Crippen molar-refractivity contribution >= 4 is 17.0 Å². The number of carboxylic acids is 1. The fraction of sp³-hybridized carbons (Fsp3) is 0.529. The molecule has 0 aliphatic carbocycles. The molecular formula is C17H23N3O2. The van der Waals surface area contributed by atoms with Crippen molar-refractivity contribution in [1.82, 2.24) is 14.5 Å². The average molecular weight is 301 g/mol. The highest BCUT2D eigenvalue weighted by molar-refractivity contribution is 5.76. The van der Waals surface area contributed by atoms with Gasteiger partial charge in [0.25, 0.3) is 0 Å². The van der Waals surface area contributed by atoms with E-state index >= 15 is 0 Å². The van der Waals surface area contributed by atoms with E-state index in [9.17, 15) is 4.79 Å². The highest BCUT2D eigenvalue weighted by atomic mass is 16.4. The highest BCUT2D eigenvalue weighted by Crippen LogP contribution is 2.19. The van der Waals surface area contributed by atoms with Gasteiger partial charge in [0.15, 0.2) is 0 Å². The van der Waals surface area contributed by atoms with E-state index in [-0.39, 0.29) is 5.92 Å². The van der Waals surface area contributed by atoms with Crippen LogP contribution in [0.3, 0.4) is 0 Å². The third kappa shape index (κ3) is 2.99. The summed E-state index contributed by atoms with van der Waals surface area (Å²) in [5.41, 5.74) is 3.52. The van der Waals surface area contributed by atoms with Crippen LogP contribution in [0.25, 0.3) is 11.0 Å². The van der Waals surface area contributed by atoms with Gasteiger partial charge in [-0.1, -0.05) is 6.07 Å². The number of piperidine rings is 1. The van der Waals surface area contributed by atoms with E-state index in [2.05, 4.69) is 32.7 Å². The Morgan fingerprint density at radius 2 is 2.09 bits per heavy atom. The second kappa shape index (κ2) is 6.08. The van der Waals surface area contributed by atoms with Crippen LogP contribution in [0, 0.1) is 12.8 Å². The summed E-state index contributed by atoms with van der Waals surface area (Å²) in [7, 11) is 2.04. The van der Waals surface area contributed by atoms with E-state index in [0.717, 1.165) is 50.2 Å². The molecular weight excluding hydrogens is 278 g/mol. The Morgan fingerprint density at radius 1 is 1.36 bits per heavy atom. The minimum Gasteiger partial charge on any atom is -0.481 e. The van der Waals surface area contributed by atoms with Gasteiger partial charge in [-0.25, -0.2) is 4.98 Å². The molecule has 0 saturated carbocycles. The largest absolute Gasteiger partial charge is 0.481 e. The summed E-state index contributed by atoms with van der Waals surface area (Å²) in [4.78, 5) is 17.9. The second-order valence-corrected chi connectivity index (χ2v) is 6.25. The Morgan fingerprint density at radius 3 is 2.77 bits per heavy atom. The Labute approximate surface area is 130 Å². The minimum absolute atomic E-state index is 0.149. The van der Waals surface area contributed by atoms with Gasteiger partial charge in [-0.3, -0.25) is 4.79 Å². The van der Waals surface area contributed by atoms with Crippen molar-refractivity contribution in [3.63, 3.8) is 0 Å². The molecule has 0 atom stereocenters. The molecule has 1 aromatic carbocycles. The Kier molecular flexibility index (Phi) is 4.16. The molecule has 0 bridgehead atoms. The maximum absolute atomic E-state index is 11.0. The number of aliphatic carboxylic acids is 1. The predicted molar refractivity (Wildman–Crippen MR) is 86.0 cm³/mol. The lowest BCUT2D eigenvalue weighted by atomic mass is 9.97. The molecule has 1 fully saturated rings. The second-order valence-electron chi connectivity index (χ2n) is 6.25. The van der Waals surface area contributed by atoms with Crippen molar-refractivity contribution in [3.05, 3.63) is 29.6 Å². The first kappa shape index (κ1) is 15.0. The van der Waals surface area contributed by atoms with E-state index in [4.69, 9.17) is 5.11 Å². The fourth-order valence-electron chi connectivity index (χ4n) is 3.21. The number of fused-ring (bicyclic) bond motifs is 1. The Balaban J connectivity index is 1.59. The summed E-state index contributed by atoms with van der Waals surface area (Å²) >= 11 is 0. The fourth-order valence-corrected chi connectivity index (χ4v) is 3.21. The zero-order valence-corrected chi connectivity index (χ0v) is 13.2. The predicted octanol–water partition coefficient (Wildman–Crippen LogP) is 2.22. The van der Waals surface area contributed by atoms with E-state index in [1.807, 2.05) is 14.0 Å². The van der Waals surface area contributed by atoms with Crippen molar-refractivity contribution in [1.29, 1.82) is 0 Å². The van der Waals surface area contributed by atoms with Crippen LogP contribution in [0.1, 0.15) is 24.2 Å². The molecule has 5 nitrogen and oxygen atoms in total. The standard InChI is InChI=1S/C17H23N3O2/c1-12-18-15-11-13(3-4-16(15)19(12)2)5-8-20-9-6-14(7-10-20)17(21)22/h3-4,11,14H,5-10H2,1-2H3,(H,21,22). The molecule has 0 radical (unpaired) electrons. The number of aromatic nitrogens is 2. The Bertz CT molecular complexity index is 685. The number of benzene rings is 1. The number of carboxylic acid groups (broad SMARTS) is 1. The van der Waals surface area contributed by atoms with Crippen LogP contribution in [-0.4, -0.2) is 45.2 Å². The van der Waals surface area contributed by atoms with Crippen molar-refractivity contribution in [2.24, 2.45) is 13.0 Å². The third-order valence-corrected chi connectivity index (χ3v) is 4.82. The quantitative estimate of drug-likeness (QED) is 0.941. The van der Waals surface area contributed by atoms with Crippen LogP contribution in [0.4, 0.5) is 0 Å². The number of nitrogens with zero attached hydrogens (tertiary/aromatic N) is 3. The van der Waals surface area contributed by atoms with Gasteiger partial charge < -0.3 is 14.6 Å². The molecule has 5 heteroatoms. The summed E-state index contributed by atoms with van der Waals surface area (Å²) in [6, 6.07) is 6.49. The number of aryl methyl sites for hydroxylation is 2. The van der Waals surface area contributed by atoms with Gasteiger partial charge in [-0.2, -0.15) is 0 Å². The lowest BCUT2D eigenvalue weighted by molar-refractivity contribution is -0.143. The first-order valence-corrected chi connectivity index (χ1v) is 7.91. The third-order valence-electron chi connectivity index (χ3n) is 4.82. The lowest BCUT2D eigenvalue weighted by Crippen LogP contribution is -2.37. The Hall–Kier alpha value is -1.88. The zero-order chi connectivity index (χ0) is 15.7. The van der Waals surface area contributed by atoms with Crippen molar-refractivity contribution in [2.45, 2.75) is 26.2 Å². The highest BCUT2D eigenvalue weighted by Gasteiger charge is 2.24. The number of hydrogen-bond donors (Lipinski definition) is 1. The van der Waals surface area contributed by atoms with Gasteiger partial charge in [0.05, 0.1) is 17.0 Å². The molecule has 1 aliphatic heterocycles. The summed E-state index contributed by atoms with van der Waals surface area (Å²) in [6.45, 7) is 4.79. The van der Waals surface area contributed by atoms with Gasteiger partial charge in [-0.15, -0.1) is 0 Å². The van der Waals surface area contributed by atoms with Crippen LogP contribution < -0.4 is 0 Å². The molecule has 1 saturated heterocycles.